The van der Waals surface area contributed by atoms with Gasteiger partial charge in [0.2, 0.25) is 0 Å². The summed E-state index contributed by atoms with van der Waals surface area (Å²) in [4.78, 5) is 0. The number of rotatable bonds is 1. The third-order valence-electron chi connectivity index (χ3n) is 1.60. The van der Waals surface area contributed by atoms with Crippen molar-refractivity contribution in [1.29, 1.82) is 0 Å². The van der Waals surface area contributed by atoms with Gasteiger partial charge >= 0.3 is 0 Å². The standard InChI is InChI=1S/C10H9Br/c1-3-8(2)9-5-4-6-10(11)7-9/h1,4-8H,2H3. The molecular formula is C10H9Br. The van der Waals surface area contributed by atoms with Crippen LogP contribution in [0.5, 0.6) is 0 Å². The van der Waals surface area contributed by atoms with E-state index in [1.807, 2.05) is 31.2 Å². The predicted octanol–water partition coefficient (Wildman–Crippen LogP) is 3.19. The van der Waals surface area contributed by atoms with Gasteiger partial charge in [-0.3, -0.25) is 0 Å². The molecule has 0 aromatic heterocycles. The number of hydrogen-bond donors (Lipinski definition) is 0. The Hall–Kier alpha value is -0.740. The highest BCUT2D eigenvalue weighted by molar-refractivity contribution is 9.10. The molecule has 1 aromatic carbocycles. The van der Waals surface area contributed by atoms with Crippen LogP contribution in [0, 0.1) is 12.3 Å². The summed E-state index contributed by atoms with van der Waals surface area (Å²) in [7, 11) is 0. The van der Waals surface area contributed by atoms with Gasteiger partial charge in [-0.05, 0) is 24.6 Å². The molecule has 0 aliphatic heterocycles. The van der Waals surface area contributed by atoms with E-state index >= 15 is 0 Å². The molecule has 0 radical (unpaired) electrons. The van der Waals surface area contributed by atoms with Gasteiger partial charge in [-0.25, -0.2) is 0 Å². The van der Waals surface area contributed by atoms with Crippen LogP contribution in [0.4, 0.5) is 0 Å². The van der Waals surface area contributed by atoms with Gasteiger partial charge in [0.05, 0.1) is 0 Å². The maximum atomic E-state index is 5.29. The monoisotopic (exact) mass is 208 g/mol. The molecule has 1 rings (SSSR count). The van der Waals surface area contributed by atoms with E-state index in [0.717, 1.165) is 4.47 Å². The highest BCUT2D eigenvalue weighted by Crippen LogP contribution is 2.18. The Kier molecular flexibility index (Phi) is 2.73. The fourth-order valence-electron chi connectivity index (χ4n) is 0.872. The van der Waals surface area contributed by atoms with E-state index in [1.165, 1.54) is 5.56 Å². The van der Waals surface area contributed by atoms with Crippen molar-refractivity contribution in [2.75, 3.05) is 0 Å². The van der Waals surface area contributed by atoms with Crippen molar-refractivity contribution >= 4 is 15.9 Å². The van der Waals surface area contributed by atoms with Gasteiger partial charge < -0.3 is 0 Å². The van der Waals surface area contributed by atoms with Crippen molar-refractivity contribution in [3.05, 3.63) is 34.3 Å². The van der Waals surface area contributed by atoms with Crippen LogP contribution < -0.4 is 0 Å². The third-order valence-corrected chi connectivity index (χ3v) is 2.09. The molecule has 0 N–H and O–H groups in total. The van der Waals surface area contributed by atoms with E-state index in [4.69, 9.17) is 6.42 Å². The zero-order valence-corrected chi connectivity index (χ0v) is 7.93. The van der Waals surface area contributed by atoms with Gasteiger partial charge in [0.1, 0.15) is 0 Å². The first-order valence-corrected chi connectivity index (χ1v) is 4.25. The summed E-state index contributed by atoms with van der Waals surface area (Å²) in [5, 5.41) is 0. The van der Waals surface area contributed by atoms with E-state index in [0.29, 0.717) is 0 Å². The second-order valence-electron chi connectivity index (χ2n) is 2.44. The molecule has 0 heterocycles. The van der Waals surface area contributed by atoms with Gasteiger partial charge in [-0.15, -0.1) is 6.42 Å². The fourth-order valence-corrected chi connectivity index (χ4v) is 1.29. The zero-order chi connectivity index (χ0) is 8.27. The lowest BCUT2D eigenvalue weighted by Crippen LogP contribution is -1.87. The molecule has 0 nitrogen and oxygen atoms in total. The van der Waals surface area contributed by atoms with Crippen molar-refractivity contribution in [3.63, 3.8) is 0 Å². The fraction of sp³-hybridized carbons (Fsp3) is 0.200. The molecule has 56 valence electrons. The summed E-state index contributed by atoms with van der Waals surface area (Å²) in [5.41, 5.74) is 1.18. The van der Waals surface area contributed by atoms with Gasteiger partial charge in [-0.2, -0.15) is 0 Å². The summed E-state index contributed by atoms with van der Waals surface area (Å²) in [6, 6.07) is 8.07. The molecule has 0 spiro atoms. The lowest BCUT2D eigenvalue weighted by Gasteiger charge is -2.03. The zero-order valence-electron chi connectivity index (χ0n) is 6.34. The minimum Gasteiger partial charge on any atom is -0.119 e. The molecule has 0 fully saturated rings. The SMILES string of the molecule is C#CC(C)c1cccc(Br)c1. The lowest BCUT2D eigenvalue weighted by atomic mass is 10.0. The Labute approximate surface area is 75.8 Å². The second-order valence-corrected chi connectivity index (χ2v) is 3.36. The van der Waals surface area contributed by atoms with E-state index in [1.54, 1.807) is 0 Å². The molecule has 0 amide bonds. The molecule has 11 heavy (non-hydrogen) atoms. The first-order valence-electron chi connectivity index (χ1n) is 3.45. The molecule has 0 saturated heterocycles. The van der Waals surface area contributed by atoms with Gasteiger partial charge in [0, 0.05) is 10.4 Å². The topological polar surface area (TPSA) is 0 Å². The van der Waals surface area contributed by atoms with Crippen molar-refractivity contribution in [3.8, 4) is 12.3 Å². The minimum absolute atomic E-state index is 0.201. The van der Waals surface area contributed by atoms with Crippen molar-refractivity contribution < 1.29 is 0 Å². The second kappa shape index (κ2) is 3.59. The third kappa shape index (κ3) is 2.10. The summed E-state index contributed by atoms with van der Waals surface area (Å²) >= 11 is 3.39. The molecule has 1 atom stereocenters. The van der Waals surface area contributed by atoms with Crippen LogP contribution >= 0.6 is 15.9 Å². The van der Waals surface area contributed by atoms with Crippen LogP contribution in [0.3, 0.4) is 0 Å². The smallest absolute Gasteiger partial charge is 0.0421 e. The average Bonchev–Trinajstić information content (AvgIpc) is 2.03. The maximum absolute atomic E-state index is 5.29. The molecule has 0 aliphatic carbocycles. The first kappa shape index (κ1) is 8.36. The number of halogens is 1. The largest absolute Gasteiger partial charge is 0.119 e. The van der Waals surface area contributed by atoms with Crippen LogP contribution in [0.15, 0.2) is 28.7 Å². The summed E-state index contributed by atoms with van der Waals surface area (Å²) < 4.78 is 1.08. The highest BCUT2D eigenvalue weighted by Gasteiger charge is 1.99. The summed E-state index contributed by atoms with van der Waals surface area (Å²) in [5.74, 6) is 2.89. The number of hydrogen-bond acceptors (Lipinski definition) is 0. The highest BCUT2D eigenvalue weighted by atomic mass is 79.9. The maximum Gasteiger partial charge on any atom is 0.0421 e. The summed E-state index contributed by atoms with van der Waals surface area (Å²) in [6.07, 6.45) is 5.29. The van der Waals surface area contributed by atoms with Crippen LogP contribution in [-0.4, -0.2) is 0 Å². The van der Waals surface area contributed by atoms with Crippen molar-refractivity contribution in [2.24, 2.45) is 0 Å². The number of terminal acetylenes is 1. The predicted molar refractivity (Wildman–Crippen MR) is 51.4 cm³/mol. The van der Waals surface area contributed by atoms with E-state index in [9.17, 15) is 0 Å². The van der Waals surface area contributed by atoms with Crippen LogP contribution in [0.2, 0.25) is 0 Å². The van der Waals surface area contributed by atoms with Crippen molar-refractivity contribution in [1.82, 2.24) is 0 Å². The molecule has 1 heteroatoms. The Morgan fingerprint density at radius 2 is 2.27 bits per heavy atom. The molecule has 1 aromatic rings. The lowest BCUT2D eigenvalue weighted by molar-refractivity contribution is 1.00. The molecule has 0 saturated carbocycles. The van der Waals surface area contributed by atoms with Gasteiger partial charge in [0.15, 0.2) is 0 Å². The Morgan fingerprint density at radius 1 is 1.55 bits per heavy atom. The number of benzene rings is 1. The van der Waals surface area contributed by atoms with Crippen LogP contribution in [0.25, 0.3) is 0 Å². The normalized spacial score (nSPS) is 12.1. The van der Waals surface area contributed by atoms with Crippen molar-refractivity contribution in [2.45, 2.75) is 12.8 Å². The Bertz CT molecular complexity index is 283. The van der Waals surface area contributed by atoms with Crippen LogP contribution in [0.1, 0.15) is 18.4 Å². The molecule has 0 aliphatic rings. The van der Waals surface area contributed by atoms with Gasteiger partial charge in [0.25, 0.3) is 0 Å². The quantitative estimate of drug-likeness (QED) is 0.623. The molecule has 0 bridgehead atoms. The first-order chi connectivity index (χ1) is 5.24. The van der Waals surface area contributed by atoms with Gasteiger partial charge in [-0.1, -0.05) is 34.0 Å². The Morgan fingerprint density at radius 3 is 2.82 bits per heavy atom. The van der Waals surface area contributed by atoms with E-state index < -0.39 is 0 Å². The van der Waals surface area contributed by atoms with Crippen LogP contribution in [-0.2, 0) is 0 Å². The van der Waals surface area contributed by atoms with E-state index in [-0.39, 0.29) is 5.92 Å². The Balaban J connectivity index is 2.98. The summed E-state index contributed by atoms with van der Waals surface area (Å²) in [6.45, 7) is 2.02. The minimum atomic E-state index is 0.201. The van der Waals surface area contributed by atoms with E-state index in [2.05, 4.69) is 21.9 Å². The molecular weight excluding hydrogens is 200 g/mol. The molecule has 1 unspecified atom stereocenters. The average molecular weight is 209 g/mol.